The van der Waals surface area contributed by atoms with Gasteiger partial charge < -0.3 is 0 Å². The number of halogens is 1. The molecular weight excluding hydrogens is 305 g/mol. The summed E-state index contributed by atoms with van der Waals surface area (Å²) in [5.41, 5.74) is 2.14. The van der Waals surface area contributed by atoms with E-state index in [4.69, 9.17) is 0 Å². The van der Waals surface area contributed by atoms with Crippen LogP contribution in [-0.2, 0) is 11.3 Å². The Morgan fingerprint density at radius 2 is 1.92 bits per heavy atom. The van der Waals surface area contributed by atoms with E-state index in [1.165, 1.54) is 11.6 Å². The third kappa shape index (κ3) is 2.92. The van der Waals surface area contributed by atoms with Crippen molar-refractivity contribution in [2.75, 3.05) is 19.8 Å². The fraction of sp³-hybridized carbons (Fsp3) is 0.316. The molecule has 0 N–H and O–H groups in total. The summed E-state index contributed by atoms with van der Waals surface area (Å²) in [4.78, 5) is 14.5. The molecule has 0 saturated carbocycles. The Kier molecular flexibility index (Phi) is 4.04. The zero-order chi connectivity index (χ0) is 16.5. The Hall–Kier alpha value is -2.24. The Labute approximate surface area is 141 Å². The lowest BCUT2D eigenvalue weighted by Gasteiger charge is -2.45. The van der Waals surface area contributed by atoms with Crippen LogP contribution in [0, 0.1) is 5.82 Å². The Balaban J connectivity index is 1.61. The highest BCUT2D eigenvalue weighted by molar-refractivity contribution is 5.77. The van der Waals surface area contributed by atoms with Crippen molar-refractivity contribution < 1.29 is 9.18 Å². The molecule has 0 spiro atoms. The van der Waals surface area contributed by atoms with Gasteiger partial charge in [-0.15, -0.1) is 0 Å². The molecule has 0 aromatic heterocycles. The van der Waals surface area contributed by atoms with E-state index in [0.717, 1.165) is 18.7 Å². The minimum atomic E-state index is -0.232. The molecule has 1 amide bonds. The molecule has 2 aliphatic rings. The van der Waals surface area contributed by atoms with Crippen LogP contribution in [0.3, 0.4) is 0 Å². The van der Waals surface area contributed by atoms with Gasteiger partial charge in [0.15, 0.2) is 0 Å². The predicted octanol–water partition coefficient (Wildman–Crippen LogP) is 2.79. The van der Waals surface area contributed by atoms with Gasteiger partial charge in [-0.2, -0.15) is 0 Å². The van der Waals surface area contributed by atoms with Gasteiger partial charge >= 0.3 is 0 Å². The zero-order valence-electron chi connectivity index (χ0n) is 13.4. The van der Waals surface area contributed by atoms with Crippen molar-refractivity contribution in [3.8, 4) is 0 Å². The topological polar surface area (TPSA) is 26.8 Å². The molecular formula is C19H20FN3O. The number of nitrogens with zero attached hydrogens (tertiary/aromatic N) is 3. The van der Waals surface area contributed by atoms with Crippen molar-refractivity contribution in [1.82, 2.24) is 14.9 Å². The summed E-state index contributed by atoms with van der Waals surface area (Å²) in [5.74, 6) is -0.0843. The largest absolute Gasteiger partial charge is 0.278 e. The van der Waals surface area contributed by atoms with Gasteiger partial charge in [-0.25, -0.2) is 9.40 Å². The summed E-state index contributed by atoms with van der Waals surface area (Å²) in [6, 6.07) is 17.0. The molecule has 2 heterocycles. The maximum atomic E-state index is 13.7. The first-order chi connectivity index (χ1) is 11.7. The molecule has 4 rings (SSSR count). The molecule has 1 atom stereocenters. The number of hydrogen-bond acceptors (Lipinski definition) is 3. The maximum Gasteiger partial charge on any atom is 0.239 e. The normalized spacial score (nSPS) is 22.0. The van der Waals surface area contributed by atoms with Crippen molar-refractivity contribution in [3.05, 3.63) is 71.5 Å². The average molecular weight is 325 g/mol. The van der Waals surface area contributed by atoms with E-state index in [9.17, 15) is 9.18 Å². The molecule has 4 nitrogen and oxygen atoms in total. The van der Waals surface area contributed by atoms with Gasteiger partial charge in [-0.1, -0.05) is 42.5 Å². The van der Waals surface area contributed by atoms with Crippen molar-refractivity contribution in [2.45, 2.75) is 19.0 Å². The molecule has 0 aliphatic carbocycles. The van der Waals surface area contributed by atoms with E-state index in [-0.39, 0.29) is 17.8 Å². The monoisotopic (exact) mass is 325 g/mol. The lowest BCUT2D eigenvalue weighted by Crippen LogP contribution is -2.55. The molecule has 2 saturated heterocycles. The van der Waals surface area contributed by atoms with E-state index in [0.29, 0.717) is 19.6 Å². The number of rotatable bonds is 3. The Morgan fingerprint density at radius 3 is 2.71 bits per heavy atom. The highest BCUT2D eigenvalue weighted by Gasteiger charge is 2.40. The second-order valence-corrected chi connectivity index (χ2v) is 6.42. The Bertz CT molecular complexity index is 736. The third-order valence-corrected chi connectivity index (χ3v) is 4.76. The van der Waals surface area contributed by atoms with Crippen molar-refractivity contribution >= 4 is 5.91 Å². The van der Waals surface area contributed by atoms with Gasteiger partial charge in [0.05, 0.1) is 12.7 Å². The molecule has 24 heavy (non-hydrogen) atoms. The average Bonchev–Trinajstić information content (AvgIpc) is 2.96. The van der Waals surface area contributed by atoms with Crippen molar-refractivity contribution in [1.29, 1.82) is 0 Å². The summed E-state index contributed by atoms with van der Waals surface area (Å²) in [5, 5.41) is 3.92. The van der Waals surface area contributed by atoms with Gasteiger partial charge in [0.2, 0.25) is 5.91 Å². The molecule has 1 unspecified atom stereocenters. The first-order valence-electron chi connectivity index (χ1n) is 8.29. The standard InChI is InChI=1S/C19H20FN3O/c20-17-8-4-7-16(11-17)18-13-21(12-15-5-2-1-3-6-15)14-23-19(24)9-10-22(18)23/h1-8,11,18H,9-10,12-14H2. The zero-order valence-corrected chi connectivity index (χ0v) is 13.4. The van der Waals surface area contributed by atoms with Crippen LogP contribution in [0.2, 0.25) is 0 Å². The molecule has 0 bridgehead atoms. The first kappa shape index (κ1) is 15.3. The first-order valence-corrected chi connectivity index (χ1v) is 8.29. The molecule has 2 aromatic carbocycles. The van der Waals surface area contributed by atoms with Gasteiger partial charge in [0, 0.05) is 26.1 Å². The fourth-order valence-corrected chi connectivity index (χ4v) is 3.62. The van der Waals surface area contributed by atoms with Crippen molar-refractivity contribution in [2.24, 2.45) is 0 Å². The minimum absolute atomic E-state index is 0.00427. The number of amides is 1. The molecule has 2 fully saturated rings. The van der Waals surface area contributed by atoms with E-state index in [2.05, 4.69) is 22.0 Å². The predicted molar refractivity (Wildman–Crippen MR) is 89.0 cm³/mol. The summed E-state index contributed by atoms with van der Waals surface area (Å²) >= 11 is 0. The summed E-state index contributed by atoms with van der Waals surface area (Å²) in [6.45, 7) is 2.87. The lowest BCUT2D eigenvalue weighted by atomic mass is 10.0. The molecule has 5 heteroatoms. The highest BCUT2D eigenvalue weighted by atomic mass is 19.1. The number of hydrazine groups is 1. The van der Waals surface area contributed by atoms with Crippen LogP contribution in [0.15, 0.2) is 54.6 Å². The number of hydrogen-bond donors (Lipinski definition) is 0. The van der Waals surface area contributed by atoms with Crippen molar-refractivity contribution in [3.63, 3.8) is 0 Å². The van der Waals surface area contributed by atoms with Crippen LogP contribution >= 0.6 is 0 Å². The molecule has 2 aliphatic heterocycles. The molecule has 124 valence electrons. The smallest absolute Gasteiger partial charge is 0.239 e. The van der Waals surface area contributed by atoms with E-state index < -0.39 is 0 Å². The summed E-state index contributed by atoms with van der Waals surface area (Å²) in [6.07, 6.45) is 0.533. The van der Waals surface area contributed by atoms with Gasteiger partial charge in [-0.3, -0.25) is 14.7 Å². The van der Waals surface area contributed by atoms with E-state index in [1.54, 1.807) is 12.1 Å². The van der Waals surface area contributed by atoms with Crippen LogP contribution < -0.4 is 0 Å². The SMILES string of the molecule is O=C1CCN2C(c3cccc(F)c3)CN(Cc3ccccc3)CN12. The highest BCUT2D eigenvalue weighted by Crippen LogP contribution is 2.32. The van der Waals surface area contributed by atoms with Crippen LogP contribution in [-0.4, -0.2) is 40.6 Å². The van der Waals surface area contributed by atoms with Gasteiger partial charge in [-0.05, 0) is 23.3 Å². The van der Waals surface area contributed by atoms with E-state index in [1.807, 2.05) is 29.3 Å². The molecule has 2 aromatic rings. The lowest BCUT2D eigenvalue weighted by molar-refractivity contribution is -0.158. The number of benzene rings is 2. The second kappa shape index (κ2) is 6.34. The van der Waals surface area contributed by atoms with Crippen LogP contribution in [0.5, 0.6) is 0 Å². The Morgan fingerprint density at radius 1 is 1.08 bits per heavy atom. The van der Waals surface area contributed by atoms with Crippen LogP contribution in [0.25, 0.3) is 0 Å². The summed E-state index contributed by atoms with van der Waals surface area (Å²) in [7, 11) is 0. The van der Waals surface area contributed by atoms with E-state index >= 15 is 0 Å². The number of carbonyl (C=O) groups excluding carboxylic acids is 1. The fourth-order valence-electron chi connectivity index (χ4n) is 3.62. The molecule has 0 radical (unpaired) electrons. The second-order valence-electron chi connectivity index (χ2n) is 6.42. The van der Waals surface area contributed by atoms with Gasteiger partial charge in [0.1, 0.15) is 5.82 Å². The van der Waals surface area contributed by atoms with Crippen LogP contribution in [0.1, 0.15) is 23.6 Å². The third-order valence-electron chi connectivity index (χ3n) is 4.76. The maximum absolute atomic E-state index is 13.7. The minimum Gasteiger partial charge on any atom is -0.278 e. The summed E-state index contributed by atoms with van der Waals surface area (Å²) < 4.78 is 13.7. The van der Waals surface area contributed by atoms with Gasteiger partial charge in [0.25, 0.3) is 0 Å². The number of carbonyl (C=O) groups is 1. The number of fused-ring (bicyclic) bond motifs is 1. The van der Waals surface area contributed by atoms with Crippen LogP contribution in [0.4, 0.5) is 4.39 Å². The quantitative estimate of drug-likeness (QED) is 0.868.